The lowest BCUT2D eigenvalue weighted by Crippen LogP contribution is -2.44. The number of rotatable bonds is 2. The monoisotopic (exact) mass is 506 g/mol. The molecule has 0 saturated heterocycles. The number of ketones is 1. The predicted octanol–water partition coefficient (Wildman–Crippen LogP) is 4.55. The maximum Gasteiger partial charge on any atom is 0.200 e. The number of phenolic OH excluding ortho intramolecular Hbond substituents is 2. The Kier molecular flexibility index (Phi) is 4.48. The highest BCUT2D eigenvalue weighted by molar-refractivity contribution is 5.93. The molecule has 1 aliphatic heterocycles. The molecule has 8 nitrogen and oxygen atoms in total. The number of fused-ring (bicyclic) bond motifs is 5. The first kappa shape index (κ1) is 22.1. The average Bonchev–Trinajstić information content (AvgIpc) is 3.22. The first-order chi connectivity index (χ1) is 18.3. The molecule has 1 aliphatic carbocycles. The van der Waals surface area contributed by atoms with Crippen molar-refractivity contribution in [2.45, 2.75) is 17.9 Å². The third kappa shape index (κ3) is 3.00. The quantitative estimate of drug-likeness (QED) is 0.357. The van der Waals surface area contributed by atoms with Gasteiger partial charge in [-0.2, -0.15) is 0 Å². The van der Waals surface area contributed by atoms with E-state index in [4.69, 9.17) is 13.6 Å². The minimum Gasteiger partial charge on any atom is -0.508 e. The number of hydrogen-bond donors (Lipinski definition) is 2. The SMILES string of the molecule is O=C1C=C[C@]2(c3coc4cc(O)ccc4c3=O)c3cc(-c4coc5cc(O)ccc5c4=O)ccc3O[C@@H]2C1. The van der Waals surface area contributed by atoms with Crippen LogP contribution in [0.3, 0.4) is 0 Å². The summed E-state index contributed by atoms with van der Waals surface area (Å²) in [7, 11) is 0. The maximum atomic E-state index is 13.7. The fourth-order valence-corrected chi connectivity index (χ4v) is 5.55. The molecule has 8 heteroatoms. The van der Waals surface area contributed by atoms with Crippen molar-refractivity contribution in [1.29, 1.82) is 0 Å². The third-order valence-corrected chi connectivity index (χ3v) is 7.39. The number of carbonyl (C=O) groups excluding carboxylic acids is 1. The summed E-state index contributed by atoms with van der Waals surface area (Å²) in [6.07, 6.45) is 5.15. The van der Waals surface area contributed by atoms with E-state index >= 15 is 0 Å². The Balaban J connectivity index is 1.47. The van der Waals surface area contributed by atoms with E-state index in [-0.39, 0.29) is 56.7 Å². The molecule has 7 rings (SSSR count). The van der Waals surface area contributed by atoms with Gasteiger partial charge in [0.15, 0.2) is 16.6 Å². The summed E-state index contributed by atoms with van der Waals surface area (Å²) in [5, 5.41) is 20.1. The van der Waals surface area contributed by atoms with Crippen molar-refractivity contribution in [1.82, 2.24) is 0 Å². The van der Waals surface area contributed by atoms with Crippen LogP contribution in [0.1, 0.15) is 17.5 Å². The summed E-state index contributed by atoms with van der Waals surface area (Å²) in [6, 6.07) is 13.8. The second kappa shape index (κ2) is 7.69. The van der Waals surface area contributed by atoms with Crippen LogP contribution in [0.5, 0.6) is 17.2 Å². The molecule has 0 unspecified atom stereocenters. The zero-order valence-corrected chi connectivity index (χ0v) is 19.6. The smallest absolute Gasteiger partial charge is 0.200 e. The highest BCUT2D eigenvalue weighted by atomic mass is 16.5. The normalized spacial score (nSPS) is 19.9. The third-order valence-electron chi connectivity index (χ3n) is 7.39. The molecule has 2 aliphatic rings. The molecule has 186 valence electrons. The van der Waals surface area contributed by atoms with Crippen molar-refractivity contribution in [3.8, 4) is 28.4 Å². The van der Waals surface area contributed by atoms with Gasteiger partial charge in [-0.3, -0.25) is 14.4 Å². The van der Waals surface area contributed by atoms with Gasteiger partial charge < -0.3 is 23.8 Å². The summed E-state index contributed by atoms with van der Waals surface area (Å²) in [6.45, 7) is 0. The first-order valence-corrected chi connectivity index (χ1v) is 11.9. The van der Waals surface area contributed by atoms with Gasteiger partial charge in [0.1, 0.15) is 40.8 Å². The van der Waals surface area contributed by atoms with Crippen molar-refractivity contribution in [2.24, 2.45) is 0 Å². The summed E-state index contributed by atoms with van der Waals surface area (Å²) in [4.78, 5) is 39.5. The molecule has 0 spiro atoms. The standard InChI is InChI=1S/C30H18O8/c31-16-2-4-19-25(10-16)36-13-21(28(19)34)15-1-6-24-22(9-15)30(8-7-18(33)12-27(30)38-24)23-14-37-26-11-17(32)3-5-20(26)29(23)35/h1-11,13-14,27,31-32H,12H2/t27-,30-/m1/s1. The summed E-state index contributed by atoms with van der Waals surface area (Å²) >= 11 is 0. The van der Waals surface area contributed by atoms with Crippen LogP contribution in [0.2, 0.25) is 0 Å². The second-order valence-electron chi connectivity index (χ2n) is 9.51. The van der Waals surface area contributed by atoms with Crippen LogP contribution >= 0.6 is 0 Å². The molecule has 3 aromatic carbocycles. The number of aromatic hydroxyl groups is 2. The Bertz CT molecular complexity index is 1980. The summed E-state index contributed by atoms with van der Waals surface area (Å²) < 4.78 is 17.6. The van der Waals surface area contributed by atoms with E-state index in [2.05, 4.69) is 0 Å². The number of phenols is 2. The van der Waals surface area contributed by atoms with Gasteiger partial charge in [-0.25, -0.2) is 0 Å². The van der Waals surface area contributed by atoms with Crippen molar-refractivity contribution in [3.63, 3.8) is 0 Å². The van der Waals surface area contributed by atoms with Crippen LogP contribution in [0.15, 0.2) is 97.7 Å². The molecular formula is C30H18O8. The number of allylic oxidation sites excluding steroid dienone is 1. The molecule has 0 saturated carbocycles. The number of ether oxygens (including phenoxy) is 1. The van der Waals surface area contributed by atoms with Crippen molar-refractivity contribution in [3.05, 3.63) is 111 Å². The van der Waals surface area contributed by atoms with Crippen LogP contribution in [-0.4, -0.2) is 22.1 Å². The topological polar surface area (TPSA) is 127 Å². The van der Waals surface area contributed by atoms with Gasteiger partial charge in [-0.05, 0) is 48.0 Å². The second-order valence-corrected chi connectivity index (χ2v) is 9.51. The molecule has 0 amide bonds. The van der Waals surface area contributed by atoms with Crippen molar-refractivity contribution < 1.29 is 28.6 Å². The Hall–Kier alpha value is -5.11. The molecule has 3 heterocycles. The fourth-order valence-electron chi connectivity index (χ4n) is 5.55. The molecule has 2 aromatic heterocycles. The predicted molar refractivity (Wildman–Crippen MR) is 138 cm³/mol. The van der Waals surface area contributed by atoms with Crippen LogP contribution in [-0.2, 0) is 10.2 Å². The molecule has 0 fully saturated rings. The van der Waals surface area contributed by atoms with E-state index in [0.29, 0.717) is 27.8 Å². The van der Waals surface area contributed by atoms with Gasteiger partial charge in [0.25, 0.3) is 0 Å². The molecule has 38 heavy (non-hydrogen) atoms. The zero-order valence-electron chi connectivity index (χ0n) is 19.6. The maximum absolute atomic E-state index is 13.7. The van der Waals surface area contributed by atoms with Gasteiger partial charge in [0.05, 0.1) is 33.6 Å². The lowest BCUT2D eigenvalue weighted by Gasteiger charge is -2.33. The van der Waals surface area contributed by atoms with Gasteiger partial charge in [-0.15, -0.1) is 0 Å². The van der Waals surface area contributed by atoms with Crippen molar-refractivity contribution >= 4 is 27.7 Å². The van der Waals surface area contributed by atoms with Crippen LogP contribution in [0.4, 0.5) is 0 Å². The van der Waals surface area contributed by atoms with Crippen LogP contribution < -0.4 is 15.6 Å². The van der Waals surface area contributed by atoms with E-state index in [0.717, 1.165) is 0 Å². The Morgan fingerprint density at radius 2 is 1.45 bits per heavy atom. The highest BCUT2D eigenvalue weighted by Crippen LogP contribution is 2.51. The summed E-state index contributed by atoms with van der Waals surface area (Å²) in [5.41, 5.74) is 0.467. The van der Waals surface area contributed by atoms with E-state index in [9.17, 15) is 24.6 Å². The van der Waals surface area contributed by atoms with Crippen molar-refractivity contribution in [2.75, 3.05) is 0 Å². The van der Waals surface area contributed by atoms with Gasteiger partial charge >= 0.3 is 0 Å². The minimum atomic E-state index is -1.14. The van der Waals surface area contributed by atoms with E-state index in [1.54, 1.807) is 24.3 Å². The van der Waals surface area contributed by atoms with Gasteiger partial charge in [0.2, 0.25) is 0 Å². The number of benzene rings is 3. The number of carbonyl (C=O) groups is 1. The molecular weight excluding hydrogens is 488 g/mol. The molecule has 5 aromatic rings. The van der Waals surface area contributed by atoms with Crippen LogP contribution in [0.25, 0.3) is 33.1 Å². The van der Waals surface area contributed by atoms with E-state index in [1.165, 1.54) is 55.0 Å². The fraction of sp³-hybridized carbons (Fsp3) is 0.100. The molecule has 0 radical (unpaired) electrons. The van der Waals surface area contributed by atoms with Crippen LogP contribution in [0, 0.1) is 0 Å². The zero-order chi connectivity index (χ0) is 26.2. The van der Waals surface area contributed by atoms with Gasteiger partial charge in [-0.1, -0.05) is 12.1 Å². The highest BCUT2D eigenvalue weighted by Gasteiger charge is 2.53. The van der Waals surface area contributed by atoms with E-state index in [1.807, 2.05) is 0 Å². The largest absolute Gasteiger partial charge is 0.508 e. The Morgan fingerprint density at radius 3 is 2.18 bits per heavy atom. The average molecular weight is 506 g/mol. The lowest BCUT2D eigenvalue weighted by molar-refractivity contribution is -0.116. The minimum absolute atomic E-state index is 0.0147. The number of hydrogen-bond acceptors (Lipinski definition) is 8. The first-order valence-electron chi connectivity index (χ1n) is 11.9. The lowest BCUT2D eigenvalue weighted by atomic mass is 9.68. The molecule has 0 bridgehead atoms. The molecule has 2 atom stereocenters. The Labute approximate surface area is 213 Å². The van der Waals surface area contributed by atoms with E-state index < -0.39 is 11.5 Å². The summed E-state index contributed by atoms with van der Waals surface area (Å²) in [5.74, 6) is 0.306. The van der Waals surface area contributed by atoms with Gasteiger partial charge in [0, 0.05) is 24.1 Å². The Morgan fingerprint density at radius 1 is 0.763 bits per heavy atom. The molecule has 2 N–H and O–H groups in total.